The standard InChI is InChI=1S/C22H46N6O.HI/c1-5-20(6-2)21(28-15-17-29-18-16-28)19-25-22(23-3)24-9-7-11-27-12-8-10-26(4)13-14-27;/h20-21H,5-19H2,1-4H3,(H2,23,24,25);1H. The molecule has 1 unspecified atom stereocenters. The summed E-state index contributed by atoms with van der Waals surface area (Å²) < 4.78 is 5.57. The number of nitrogens with zero attached hydrogens (tertiary/aromatic N) is 4. The Morgan fingerprint density at radius 1 is 1.00 bits per heavy atom. The molecular formula is C22H47IN6O. The second-order valence-electron chi connectivity index (χ2n) is 8.52. The third kappa shape index (κ3) is 9.97. The number of morpholine rings is 1. The Bertz CT molecular complexity index is 457. The van der Waals surface area contributed by atoms with Gasteiger partial charge in [0.15, 0.2) is 5.96 Å². The molecule has 8 heteroatoms. The first-order valence-corrected chi connectivity index (χ1v) is 11.8. The van der Waals surface area contributed by atoms with Crippen molar-refractivity contribution < 1.29 is 4.74 Å². The number of rotatable bonds is 10. The molecule has 0 radical (unpaired) electrons. The fraction of sp³-hybridized carbons (Fsp3) is 0.955. The van der Waals surface area contributed by atoms with Crippen LogP contribution in [0.15, 0.2) is 4.99 Å². The predicted molar refractivity (Wildman–Crippen MR) is 138 cm³/mol. The van der Waals surface area contributed by atoms with Crippen molar-refractivity contribution in [3.8, 4) is 0 Å². The summed E-state index contributed by atoms with van der Waals surface area (Å²) in [5.41, 5.74) is 0. The van der Waals surface area contributed by atoms with Crippen LogP contribution in [-0.2, 0) is 4.74 Å². The topological polar surface area (TPSA) is 55.4 Å². The molecule has 0 spiro atoms. The molecule has 0 aromatic rings. The van der Waals surface area contributed by atoms with Crippen molar-refractivity contribution in [1.29, 1.82) is 0 Å². The Kier molecular flexibility index (Phi) is 15.3. The molecular weight excluding hydrogens is 491 g/mol. The second-order valence-corrected chi connectivity index (χ2v) is 8.52. The van der Waals surface area contributed by atoms with E-state index >= 15 is 0 Å². The Morgan fingerprint density at radius 2 is 1.73 bits per heavy atom. The van der Waals surface area contributed by atoms with Gasteiger partial charge >= 0.3 is 0 Å². The summed E-state index contributed by atoms with van der Waals surface area (Å²) in [7, 11) is 4.10. The minimum atomic E-state index is 0. The van der Waals surface area contributed by atoms with E-state index in [0.717, 1.165) is 51.8 Å². The van der Waals surface area contributed by atoms with Crippen molar-refractivity contribution in [2.45, 2.75) is 45.6 Å². The number of halogens is 1. The molecule has 7 nitrogen and oxygen atoms in total. The summed E-state index contributed by atoms with van der Waals surface area (Å²) in [5, 5.41) is 7.13. The van der Waals surface area contributed by atoms with Crippen molar-refractivity contribution in [2.75, 3.05) is 86.2 Å². The molecule has 0 bridgehead atoms. The van der Waals surface area contributed by atoms with Crippen molar-refractivity contribution in [1.82, 2.24) is 25.3 Å². The first kappa shape index (κ1) is 27.9. The van der Waals surface area contributed by atoms with Gasteiger partial charge in [-0.2, -0.15) is 0 Å². The number of hydrogen-bond donors (Lipinski definition) is 2. The quantitative estimate of drug-likeness (QED) is 0.192. The highest BCUT2D eigenvalue weighted by Crippen LogP contribution is 2.19. The highest BCUT2D eigenvalue weighted by molar-refractivity contribution is 14.0. The Morgan fingerprint density at radius 3 is 2.40 bits per heavy atom. The van der Waals surface area contributed by atoms with Crippen molar-refractivity contribution in [3.63, 3.8) is 0 Å². The summed E-state index contributed by atoms with van der Waals surface area (Å²) in [6.07, 6.45) is 4.88. The SMILES string of the molecule is CCC(CC)C(CNC(=NC)NCCCN1CCCN(C)CC1)N1CCOCC1.I. The van der Waals surface area contributed by atoms with Crippen molar-refractivity contribution in [2.24, 2.45) is 10.9 Å². The molecule has 2 rings (SSSR count). The van der Waals surface area contributed by atoms with Gasteiger partial charge < -0.3 is 25.2 Å². The van der Waals surface area contributed by atoms with E-state index in [2.05, 4.69) is 51.2 Å². The highest BCUT2D eigenvalue weighted by Gasteiger charge is 2.27. The van der Waals surface area contributed by atoms with Crippen LogP contribution in [-0.4, -0.2) is 113 Å². The van der Waals surface area contributed by atoms with Crippen molar-refractivity contribution >= 4 is 29.9 Å². The Balaban J connectivity index is 0.00000450. The van der Waals surface area contributed by atoms with Crippen LogP contribution in [0.2, 0.25) is 0 Å². The lowest BCUT2D eigenvalue weighted by Gasteiger charge is -2.39. The van der Waals surface area contributed by atoms with Gasteiger partial charge in [0.1, 0.15) is 0 Å². The van der Waals surface area contributed by atoms with E-state index in [1.54, 1.807) is 0 Å². The van der Waals surface area contributed by atoms with E-state index in [-0.39, 0.29) is 24.0 Å². The fourth-order valence-corrected chi connectivity index (χ4v) is 4.59. The van der Waals surface area contributed by atoms with E-state index < -0.39 is 0 Å². The van der Waals surface area contributed by atoms with Gasteiger partial charge in [0.2, 0.25) is 0 Å². The molecule has 0 amide bonds. The van der Waals surface area contributed by atoms with Gasteiger partial charge in [-0.05, 0) is 45.4 Å². The van der Waals surface area contributed by atoms with E-state index in [1.807, 2.05) is 7.05 Å². The molecule has 2 fully saturated rings. The lowest BCUT2D eigenvalue weighted by molar-refractivity contribution is 0.00272. The van der Waals surface area contributed by atoms with Gasteiger partial charge in [0, 0.05) is 52.4 Å². The van der Waals surface area contributed by atoms with Crippen LogP contribution in [0.5, 0.6) is 0 Å². The summed E-state index contributed by atoms with van der Waals surface area (Å²) in [6, 6.07) is 0.543. The first-order valence-electron chi connectivity index (χ1n) is 11.8. The molecule has 0 aromatic carbocycles. The maximum Gasteiger partial charge on any atom is 0.191 e. The molecule has 2 aliphatic heterocycles. The van der Waals surface area contributed by atoms with Crippen LogP contribution in [0.1, 0.15) is 39.5 Å². The number of guanidine groups is 1. The fourth-order valence-electron chi connectivity index (χ4n) is 4.59. The van der Waals surface area contributed by atoms with Crippen LogP contribution in [0.4, 0.5) is 0 Å². The molecule has 2 saturated heterocycles. The average molecular weight is 539 g/mol. The van der Waals surface area contributed by atoms with Gasteiger partial charge in [-0.15, -0.1) is 24.0 Å². The molecule has 30 heavy (non-hydrogen) atoms. The van der Waals surface area contributed by atoms with Gasteiger partial charge in [-0.1, -0.05) is 26.7 Å². The van der Waals surface area contributed by atoms with Crippen molar-refractivity contribution in [3.05, 3.63) is 0 Å². The third-order valence-corrected chi connectivity index (χ3v) is 6.57. The minimum absolute atomic E-state index is 0. The predicted octanol–water partition coefficient (Wildman–Crippen LogP) is 1.93. The highest BCUT2D eigenvalue weighted by atomic mass is 127. The van der Waals surface area contributed by atoms with Gasteiger partial charge in [0.25, 0.3) is 0 Å². The van der Waals surface area contributed by atoms with E-state index in [4.69, 9.17) is 4.74 Å². The van der Waals surface area contributed by atoms with Crippen LogP contribution >= 0.6 is 24.0 Å². The largest absolute Gasteiger partial charge is 0.379 e. The Hall–Kier alpha value is -0.160. The van der Waals surface area contributed by atoms with Crippen LogP contribution < -0.4 is 10.6 Å². The lowest BCUT2D eigenvalue weighted by Crippen LogP contribution is -2.53. The zero-order chi connectivity index (χ0) is 20.9. The van der Waals surface area contributed by atoms with E-state index in [1.165, 1.54) is 52.0 Å². The number of aliphatic imine (C=N–C) groups is 1. The van der Waals surface area contributed by atoms with Gasteiger partial charge in [-0.3, -0.25) is 9.89 Å². The first-order chi connectivity index (χ1) is 14.2. The summed E-state index contributed by atoms with van der Waals surface area (Å²) in [6.45, 7) is 16.4. The molecule has 1 atom stereocenters. The molecule has 0 aromatic heterocycles. The number of hydrogen-bond acceptors (Lipinski definition) is 5. The van der Waals surface area contributed by atoms with Gasteiger partial charge in [-0.25, -0.2) is 0 Å². The molecule has 2 N–H and O–H groups in total. The molecule has 0 saturated carbocycles. The normalized spacial score (nSPS) is 21.2. The number of likely N-dealkylation sites (N-methyl/N-ethyl adjacent to an activating group) is 1. The maximum atomic E-state index is 5.57. The monoisotopic (exact) mass is 538 g/mol. The zero-order valence-corrected chi connectivity index (χ0v) is 22.2. The van der Waals surface area contributed by atoms with E-state index in [9.17, 15) is 0 Å². The third-order valence-electron chi connectivity index (χ3n) is 6.57. The van der Waals surface area contributed by atoms with Gasteiger partial charge in [0.05, 0.1) is 13.2 Å². The second kappa shape index (κ2) is 16.5. The van der Waals surface area contributed by atoms with E-state index in [0.29, 0.717) is 12.0 Å². The van der Waals surface area contributed by atoms with Crippen LogP contribution in [0.3, 0.4) is 0 Å². The molecule has 2 heterocycles. The van der Waals surface area contributed by atoms with Crippen LogP contribution in [0, 0.1) is 5.92 Å². The number of nitrogens with one attached hydrogen (secondary N) is 2. The summed E-state index contributed by atoms with van der Waals surface area (Å²) in [4.78, 5) is 12.1. The van der Waals surface area contributed by atoms with Crippen LogP contribution in [0.25, 0.3) is 0 Å². The molecule has 0 aliphatic carbocycles. The lowest BCUT2D eigenvalue weighted by atomic mass is 9.92. The summed E-state index contributed by atoms with van der Waals surface area (Å²) >= 11 is 0. The smallest absolute Gasteiger partial charge is 0.191 e. The molecule has 178 valence electrons. The molecule has 2 aliphatic rings. The zero-order valence-electron chi connectivity index (χ0n) is 19.9. The summed E-state index contributed by atoms with van der Waals surface area (Å²) in [5.74, 6) is 1.64. The average Bonchev–Trinajstić information content (AvgIpc) is 2.97. The maximum absolute atomic E-state index is 5.57. The number of ether oxygens (including phenoxy) is 1. The Labute approximate surface area is 202 Å². The minimum Gasteiger partial charge on any atom is -0.379 e.